The molecule has 0 N–H and O–H groups in total. The largest absolute Gasteiger partial charge is 0.339 e. The van der Waals surface area contributed by atoms with E-state index >= 15 is 0 Å². The maximum atomic E-state index is 4.80. The summed E-state index contributed by atoms with van der Waals surface area (Å²) < 4.78 is 7.17. The number of nitrogens with zero attached hydrogens (tertiary/aromatic N) is 5. The van der Waals surface area contributed by atoms with Gasteiger partial charge in [0.15, 0.2) is 0 Å². The van der Waals surface area contributed by atoms with Crippen molar-refractivity contribution in [3.8, 4) is 22.5 Å². The molecule has 0 spiro atoms. The first-order chi connectivity index (χ1) is 24.5. The Morgan fingerprint density at radius 3 is 1.96 bits per heavy atom. The lowest BCUT2D eigenvalue weighted by Crippen LogP contribution is -2.00. The monoisotopic (exact) mass is 645 g/mol. The number of para-hydroxylation sites is 1. The summed E-state index contributed by atoms with van der Waals surface area (Å²) in [4.78, 5) is 9.37. The number of benzene rings is 5. The van der Waals surface area contributed by atoms with Crippen LogP contribution in [0.4, 0.5) is 0 Å². The Morgan fingerprint density at radius 2 is 1.18 bits per heavy atom. The molecule has 5 aromatic carbocycles. The maximum absolute atomic E-state index is 4.80. The second-order valence-electron chi connectivity index (χ2n) is 13.6. The highest BCUT2D eigenvalue weighted by atomic mass is 15.0. The molecule has 5 aromatic heterocycles. The molecule has 0 saturated carbocycles. The second-order valence-corrected chi connectivity index (χ2v) is 13.6. The molecule has 0 aliphatic carbocycles. The Balaban J connectivity index is 1.17. The molecule has 10 aromatic rings. The maximum Gasteiger partial charge on any atom is 0.0960 e. The zero-order valence-corrected chi connectivity index (χ0v) is 28.6. The minimum Gasteiger partial charge on any atom is -0.339 e. The number of fused-ring (bicyclic) bond motifs is 9. The Bertz CT molecular complexity index is 2980. The zero-order valence-electron chi connectivity index (χ0n) is 28.6. The van der Waals surface area contributed by atoms with E-state index in [-0.39, 0.29) is 0 Å². The predicted octanol–water partition coefficient (Wildman–Crippen LogP) is 11.4. The van der Waals surface area contributed by atoms with Crippen molar-refractivity contribution in [3.63, 3.8) is 0 Å². The van der Waals surface area contributed by atoms with Gasteiger partial charge in [-0.1, -0.05) is 48.0 Å². The van der Waals surface area contributed by atoms with E-state index in [9.17, 15) is 0 Å². The summed E-state index contributed by atoms with van der Waals surface area (Å²) in [5.41, 5.74) is 16.8. The lowest BCUT2D eigenvalue weighted by atomic mass is 10.0. The van der Waals surface area contributed by atoms with Crippen LogP contribution in [0.25, 0.3) is 88.0 Å². The highest BCUT2D eigenvalue weighted by Crippen LogP contribution is 2.40. The summed E-state index contributed by atoms with van der Waals surface area (Å²) in [6.45, 7) is 9.71. The normalized spacial score (nSPS) is 12.1. The second kappa shape index (κ2) is 10.6. The molecule has 0 bridgehead atoms. The average molecular weight is 646 g/mol. The molecule has 5 nitrogen and oxygen atoms in total. The fourth-order valence-corrected chi connectivity index (χ4v) is 8.62. The highest BCUT2D eigenvalue weighted by Gasteiger charge is 2.19. The molecule has 0 radical (unpaired) electrons. The molecule has 0 aliphatic heterocycles. The van der Waals surface area contributed by atoms with Crippen molar-refractivity contribution in [1.82, 2.24) is 23.7 Å². The van der Waals surface area contributed by atoms with Gasteiger partial charge >= 0.3 is 0 Å². The first-order valence-electron chi connectivity index (χ1n) is 17.4. The van der Waals surface area contributed by atoms with E-state index in [1.165, 1.54) is 77.1 Å². The van der Waals surface area contributed by atoms with Gasteiger partial charge in [0.1, 0.15) is 0 Å². The van der Waals surface area contributed by atoms with Crippen LogP contribution in [0.15, 0.2) is 128 Å². The van der Waals surface area contributed by atoms with Crippen molar-refractivity contribution in [2.45, 2.75) is 34.2 Å². The van der Waals surface area contributed by atoms with Crippen molar-refractivity contribution in [3.05, 3.63) is 144 Å². The van der Waals surface area contributed by atoms with Crippen LogP contribution in [-0.2, 0) is 6.54 Å². The third kappa shape index (κ3) is 4.01. The molecule has 0 amide bonds. The summed E-state index contributed by atoms with van der Waals surface area (Å²) >= 11 is 0. The SMILES string of the molecule is CCn1c2ccc(-n3c4ccncc4c4cc(-c5ccc6c(c5)c5ccccc5n6-c5c(C)cc(C)cc5C)ccc43)cc2c2ncccc21. The van der Waals surface area contributed by atoms with Crippen LogP contribution >= 0.6 is 0 Å². The number of hydrogen-bond donors (Lipinski definition) is 0. The van der Waals surface area contributed by atoms with Crippen molar-refractivity contribution < 1.29 is 0 Å². The van der Waals surface area contributed by atoms with Crippen LogP contribution < -0.4 is 0 Å². The van der Waals surface area contributed by atoms with Crippen molar-refractivity contribution >= 4 is 65.5 Å². The van der Waals surface area contributed by atoms with Crippen LogP contribution in [0.5, 0.6) is 0 Å². The molecule has 0 fully saturated rings. The molecule has 5 heteroatoms. The third-order valence-electron chi connectivity index (χ3n) is 10.6. The summed E-state index contributed by atoms with van der Waals surface area (Å²) in [5, 5.41) is 6.02. The molecule has 5 heterocycles. The summed E-state index contributed by atoms with van der Waals surface area (Å²) in [6, 6.07) is 40.3. The van der Waals surface area contributed by atoms with Crippen LogP contribution in [0, 0.1) is 20.8 Å². The highest BCUT2D eigenvalue weighted by molar-refractivity contribution is 6.13. The molecule has 240 valence electrons. The van der Waals surface area contributed by atoms with Crippen LogP contribution in [-0.4, -0.2) is 23.7 Å². The molecule has 10 rings (SSSR count). The number of rotatable bonds is 4. The number of hydrogen-bond acceptors (Lipinski definition) is 2. The molecule has 0 saturated heterocycles. The molecule has 50 heavy (non-hydrogen) atoms. The van der Waals surface area contributed by atoms with Gasteiger partial charge in [0.05, 0.1) is 44.3 Å². The van der Waals surface area contributed by atoms with Crippen molar-refractivity contribution in [2.75, 3.05) is 0 Å². The van der Waals surface area contributed by atoms with Gasteiger partial charge in [-0.25, -0.2) is 0 Å². The van der Waals surface area contributed by atoms with Crippen molar-refractivity contribution in [2.24, 2.45) is 0 Å². The summed E-state index contributed by atoms with van der Waals surface area (Å²) in [5.74, 6) is 0. The Hall–Kier alpha value is -6.20. The van der Waals surface area contributed by atoms with E-state index in [0.29, 0.717) is 0 Å². The molecule has 0 unspecified atom stereocenters. The topological polar surface area (TPSA) is 40.6 Å². The van der Waals surface area contributed by atoms with E-state index in [2.05, 4.69) is 150 Å². The van der Waals surface area contributed by atoms with Crippen LogP contribution in [0.2, 0.25) is 0 Å². The van der Waals surface area contributed by atoms with E-state index in [1.54, 1.807) is 0 Å². The number of aromatic nitrogens is 5. The Kier molecular flexibility index (Phi) is 6.13. The standard InChI is InChI=1S/C45H35N5/c1-5-48-38-17-14-32(25-36(38)44-43(48)11-8-19-47-44)49-40-15-12-31(24-35(40)37-26-46-20-18-42(37)49)30-13-16-41-34(23-30)33-9-6-7-10-39(33)50(41)45-28(3)21-27(2)22-29(45)4/h6-26H,5H2,1-4H3. The Morgan fingerprint density at radius 1 is 0.520 bits per heavy atom. The Labute approximate surface area is 289 Å². The lowest BCUT2D eigenvalue weighted by molar-refractivity contribution is 0.826. The van der Waals surface area contributed by atoms with E-state index in [0.717, 1.165) is 34.2 Å². The van der Waals surface area contributed by atoms with Gasteiger partial charge in [0.2, 0.25) is 0 Å². The van der Waals surface area contributed by atoms with Crippen LogP contribution in [0.3, 0.4) is 0 Å². The van der Waals surface area contributed by atoms with Crippen molar-refractivity contribution in [1.29, 1.82) is 0 Å². The van der Waals surface area contributed by atoms with Gasteiger partial charge in [-0.15, -0.1) is 0 Å². The molecular weight excluding hydrogens is 611 g/mol. The van der Waals surface area contributed by atoms with Gasteiger partial charge in [-0.2, -0.15) is 0 Å². The molecular formula is C45H35N5. The third-order valence-corrected chi connectivity index (χ3v) is 10.6. The molecule has 0 atom stereocenters. The number of pyridine rings is 2. The zero-order chi connectivity index (χ0) is 33.7. The van der Waals surface area contributed by atoms with E-state index < -0.39 is 0 Å². The van der Waals surface area contributed by atoms with Gasteiger partial charge < -0.3 is 13.7 Å². The van der Waals surface area contributed by atoms with Gasteiger partial charge in [-0.05, 0) is 117 Å². The summed E-state index contributed by atoms with van der Waals surface area (Å²) in [7, 11) is 0. The van der Waals surface area contributed by atoms with Gasteiger partial charge in [-0.3, -0.25) is 9.97 Å². The number of aryl methyl sites for hydroxylation is 4. The van der Waals surface area contributed by atoms with Gasteiger partial charge in [0.25, 0.3) is 0 Å². The van der Waals surface area contributed by atoms with E-state index in [4.69, 9.17) is 4.98 Å². The first kappa shape index (κ1) is 28.8. The lowest BCUT2D eigenvalue weighted by Gasteiger charge is -2.15. The minimum atomic E-state index is 0.895. The quantitative estimate of drug-likeness (QED) is 0.191. The predicted molar refractivity (Wildman–Crippen MR) is 209 cm³/mol. The van der Waals surface area contributed by atoms with Gasteiger partial charge in [0, 0.05) is 57.8 Å². The average Bonchev–Trinajstić information content (AvgIpc) is 3.76. The first-order valence-corrected chi connectivity index (χ1v) is 17.4. The van der Waals surface area contributed by atoms with Crippen LogP contribution in [0.1, 0.15) is 23.6 Å². The van der Waals surface area contributed by atoms with E-state index in [1.807, 2.05) is 24.7 Å². The summed E-state index contributed by atoms with van der Waals surface area (Å²) in [6.07, 6.45) is 5.79. The minimum absolute atomic E-state index is 0.895. The fraction of sp³-hybridized carbons (Fsp3) is 0.111. The molecule has 0 aliphatic rings. The fourth-order valence-electron chi connectivity index (χ4n) is 8.62. The smallest absolute Gasteiger partial charge is 0.0960 e.